The van der Waals surface area contributed by atoms with Gasteiger partial charge >= 0.3 is 0 Å². The van der Waals surface area contributed by atoms with E-state index in [0.717, 1.165) is 32.1 Å². The zero-order valence-electron chi connectivity index (χ0n) is 10.7. The summed E-state index contributed by atoms with van der Waals surface area (Å²) in [7, 11) is 0. The first-order chi connectivity index (χ1) is 7.58. The van der Waals surface area contributed by atoms with Crippen LogP contribution in [0.2, 0.25) is 0 Å². The molecular formula is C13H26N2O. The number of hydrogen-bond donors (Lipinski definition) is 1. The molecular weight excluding hydrogens is 200 g/mol. The van der Waals surface area contributed by atoms with Crippen LogP contribution in [0.15, 0.2) is 0 Å². The average molecular weight is 226 g/mol. The molecule has 16 heavy (non-hydrogen) atoms. The van der Waals surface area contributed by atoms with E-state index in [9.17, 15) is 0 Å². The lowest BCUT2D eigenvalue weighted by Gasteiger charge is -2.44. The predicted molar refractivity (Wildman–Crippen MR) is 66.4 cm³/mol. The van der Waals surface area contributed by atoms with Gasteiger partial charge in [-0.2, -0.15) is 0 Å². The topological polar surface area (TPSA) is 38.5 Å². The second kappa shape index (κ2) is 5.03. The van der Waals surface area contributed by atoms with E-state index in [1.807, 2.05) is 0 Å². The molecule has 0 aromatic heterocycles. The van der Waals surface area contributed by atoms with Crippen LogP contribution in [-0.4, -0.2) is 43.8 Å². The average Bonchev–Trinajstić information content (AvgIpc) is 2.25. The molecule has 2 N–H and O–H groups in total. The molecule has 0 spiro atoms. The van der Waals surface area contributed by atoms with Crippen molar-refractivity contribution < 1.29 is 4.74 Å². The molecule has 3 heteroatoms. The van der Waals surface area contributed by atoms with Gasteiger partial charge in [-0.1, -0.05) is 13.8 Å². The smallest absolute Gasteiger partial charge is 0.0506 e. The monoisotopic (exact) mass is 226 g/mol. The first-order valence-electron chi connectivity index (χ1n) is 6.63. The van der Waals surface area contributed by atoms with E-state index < -0.39 is 0 Å². The Kier molecular flexibility index (Phi) is 3.88. The van der Waals surface area contributed by atoms with Crippen LogP contribution in [-0.2, 0) is 4.74 Å². The van der Waals surface area contributed by atoms with E-state index >= 15 is 0 Å². The number of likely N-dealkylation sites (tertiary alicyclic amines) is 1. The summed E-state index contributed by atoms with van der Waals surface area (Å²) in [4.78, 5) is 2.59. The largest absolute Gasteiger partial charge is 0.381 e. The summed E-state index contributed by atoms with van der Waals surface area (Å²) < 4.78 is 5.55. The lowest BCUT2D eigenvalue weighted by Crippen LogP contribution is -2.53. The third-order valence-corrected chi connectivity index (χ3v) is 4.16. The van der Waals surface area contributed by atoms with Gasteiger partial charge in [-0.15, -0.1) is 0 Å². The molecule has 0 saturated carbocycles. The van der Waals surface area contributed by atoms with Gasteiger partial charge in [0.1, 0.15) is 0 Å². The summed E-state index contributed by atoms with van der Waals surface area (Å²) in [6.07, 6.45) is 3.71. The SMILES string of the molecule is CC1(C)CN(CC2CCCOC2)CCC1N. The van der Waals surface area contributed by atoms with E-state index in [-0.39, 0.29) is 5.41 Å². The molecule has 2 atom stereocenters. The number of nitrogens with zero attached hydrogens (tertiary/aromatic N) is 1. The van der Waals surface area contributed by atoms with Crippen molar-refractivity contribution in [3.63, 3.8) is 0 Å². The molecule has 0 aromatic rings. The number of rotatable bonds is 2. The van der Waals surface area contributed by atoms with Crippen molar-refractivity contribution in [2.24, 2.45) is 17.1 Å². The first-order valence-corrected chi connectivity index (χ1v) is 6.63. The Morgan fingerprint density at radius 1 is 1.38 bits per heavy atom. The molecule has 94 valence electrons. The van der Waals surface area contributed by atoms with Crippen molar-refractivity contribution in [3.05, 3.63) is 0 Å². The Bertz CT molecular complexity index is 224. The lowest BCUT2D eigenvalue weighted by atomic mass is 9.79. The maximum atomic E-state index is 6.16. The van der Waals surface area contributed by atoms with Crippen LogP contribution in [0, 0.1) is 11.3 Å². The Hall–Kier alpha value is -0.120. The Morgan fingerprint density at radius 2 is 2.19 bits per heavy atom. The minimum atomic E-state index is 0.272. The molecule has 0 amide bonds. The van der Waals surface area contributed by atoms with Gasteiger partial charge in [0.2, 0.25) is 0 Å². The fraction of sp³-hybridized carbons (Fsp3) is 1.00. The molecule has 0 aliphatic carbocycles. The van der Waals surface area contributed by atoms with Crippen LogP contribution in [0.3, 0.4) is 0 Å². The minimum Gasteiger partial charge on any atom is -0.381 e. The normalized spacial score (nSPS) is 36.2. The van der Waals surface area contributed by atoms with E-state index in [1.54, 1.807) is 0 Å². The van der Waals surface area contributed by atoms with E-state index in [4.69, 9.17) is 10.5 Å². The highest BCUT2D eigenvalue weighted by molar-refractivity contribution is 4.90. The lowest BCUT2D eigenvalue weighted by molar-refractivity contribution is 0.0188. The summed E-state index contributed by atoms with van der Waals surface area (Å²) in [5.74, 6) is 0.749. The summed E-state index contributed by atoms with van der Waals surface area (Å²) >= 11 is 0. The van der Waals surface area contributed by atoms with Crippen LogP contribution in [0.25, 0.3) is 0 Å². The van der Waals surface area contributed by atoms with Crippen molar-refractivity contribution in [1.82, 2.24) is 4.90 Å². The number of piperidine rings is 1. The van der Waals surface area contributed by atoms with Crippen LogP contribution in [0.1, 0.15) is 33.1 Å². The van der Waals surface area contributed by atoms with Crippen molar-refractivity contribution in [3.8, 4) is 0 Å². The second-order valence-corrected chi connectivity index (χ2v) is 6.20. The van der Waals surface area contributed by atoms with Crippen molar-refractivity contribution in [2.75, 3.05) is 32.8 Å². The molecule has 0 aromatic carbocycles. The summed E-state index contributed by atoms with van der Waals surface area (Å²) in [6.45, 7) is 10.0. The predicted octanol–water partition coefficient (Wildman–Crippen LogP) is 1.47. The van der Waals surface area contributed by atoms with E-state index in [1.165, 1.54) is 25.9 Å². The van der Waals surface area contributed by atoms with Crippen molar-refractivity contribution in [1.29, 1.82) is 0 Å². The molecule has 2 saturated heterocycles. The maximum absolute atomic E-state index is 6.16. The van der Waals surface area contributed by atoms with E-state index in [0.29, 0.717) is 6.04 Å². The molecule has 2 fully saturated rings. The minimum absolute atomic E-state index is 0.272. The standard InChI is InChI=1S/C13H26N2O/c1-13(2)10-15(6-5-12(13)14)8-11-4-3-7-16-9-11/h11-12H,3-10,14H2,1-2H3. The molecule has 2 aliphatic heterocycles. The van der Waals surface area contributed by atoms with Crippen molar-refractivity contribution in [2.45, 2.75) is 39.2 Å². The number of ether oxygens (including phenoxy) is 1. The third-order valence-electron chi connectivity index (χ3n) is 4.16. The molecule has 3 nitrogen and oxygen atoms in total. The molecule has 2 heterocycles. The highest BCUT2D eigenvalue weighted by Crippen LogP contribution is 2.28. The fourth-order valence-electron chi connectivity index (χ4n) is 2.96. The van der Waals surface area contributed by atoms with Gasteiger partial charge in [-0.25, -0.2) is 0 Å². The Morgan fingerprint density at radius 3 is 2.81 bits per heavy atom. The van der Waals surface area contributed by atoms with Gasteiger partial charge in [0.05, 0.1) is 6.61 Å². The second-order valence-electron chi connectivity index (χ2n) is 6.20. The fourth-order valence-corrected chi connectivity index (χ4v) is 2.96. The molecule has 2 aliphatic rings. The number of hydrogen-bond acceptors (Lipinski definition) is 3. The molecule has 2 unspecified atom stereocenters. The Labute approximate surface area is 99.3 Å². The zero-order valence-corrected chi connectivity index (χ0v) is 10.7. The first kappa shape index (κ1) is 12.3. The van der Waals surface area contributed by atoms with Gasteiger partial charge in [0.25, 0.3) is 0 Å². The molecule has 0 bridgehead atoms. The molecule has 2 rings (SSSR count). The Balaban J connectivity index is 1.81. The summed E-state index contributed by atoms with van der Waals surface area (Å²) in [6, 6.07) is 0.367. The molecule has 0 radical (unpaired) electrons. The van der Waals surface area contributed by atoms with Crippen LogP contribution in [0.5, 0.6) is 0 Å². The van der Waals surface area contributed by atoms with Gasteiger partial charge in [0, 0.05) is 25.7 Å². The highest BCUT2D eigenvalue weighted by Gasteiger charge is 2.34. The van der Waals surface area contributed by atoms with Gasteiger partial charge in [-0.3, -0.25) is 0 Å². The van der Waals surface area contributed by atoms with E-state index in [2.05, 4.69) is 18.7 Å². The van der Waals surface area contributed by atoms with Crippen molar-refractivity contribution >= 4 is 0 Å². The van der Waals surface area contributed by atoms with Crippen LogP contribution < -0.4 is 5.73 Å². The quantitative estimate of drug-likeness (QED) is 0.775. The van der Waals surface area contributed by atoms with Gasteiger partial charge in [-0.05, 0) is 37.1 Å². The maximum Gasteiger partial charge on any atom is 0.0506 e. The summed E-state index contributed by atoms with van der Waals surface area (Å²) in [5, 5.41) is 0. The zero-order chi connectivity index (χ0) is 11.6. The van der Waals surface area contributed by atoms with Gasteiger partial charge in [0.15, 0.2) is 0 Å². The van der Waals surface area contributed by atoms with Crippen LogP contribution in [0.4, 0.5) is 0 Å². The number of nitrogens with two attached hydrogens (primary N) is 1. The van der Waals surface area contributed by atoms with Gasteiger partial charge < -0.3 is 15.4 Å². The van der Waals surface area contributed by atoms with Crippen LogP contribution >= 0.6 is 0 Å². The third kappa shape index (κ3) is 2.96. The highest BCUT2D eigenvalue weighted by atomic mass is 16.5. The summed E-state index contributed by atoms with van der Waals surface area (Å²) in [5.41, 5.74) is 6.43.